The average molecular weight is 332 g/mol. The summed E-state index contributed by atoms with van der Waals surface area (Å²) in [5, 5.41) is 18.0. The monoisotopic (exact) mass is 332 g/mol. The van der Waals surface area contributed by atoms with Gasteiger partial charge in [-0.1, -0.05) is 19.9 Å². The van der Waals surface area contributed by atoms with Gasteiger partial charge >= 0.3 is 11.9 Å². The first kappa shape index (κ1) is 18.1. The van der Waals surface area contributed by atoms with E-state index in [2.05, 4.69) is 0 Å². The van der Waals surface area contributed by atoms with Crippen molar-refractivity contribution in [2.75, 3.05) is 13.2 Å². The molecule has 0 spiro atoms. The summed E-state index contributed by atoms with van der Waals surface area (Å²) < 4.78 is 36.8. The number of aromatic carboxylic acids is 1. The molecule has 0 saturated carbocycles. The Kier molecular flexibility index (Phi) is 5.28. The summed E-state index contributed by atoms with van der Waals surface area (Å²) in [6, 6.07) is 3.13. The maximum Gasteiger partial charge on any atom is 0.339 e. The molecule has 0 atom stereocenters. The zero-order valence-corrected chi connectivity index (χ0v) is 12.8. The molecule has 0 aliphatic heterocycles. The van der Waals surface area contributed by atoms with Crippen molar-refractivity contribution < 1.29 is 37.5 Å². The molecule has 0 bridgehead atoms. The normalized spacial score (nSPS) is 12.0. The van der Waals surface area contributed by atoms with Gasteiger partial charge in [-0.2, -0.15) is 8.42 Å². The summed E-state index contributed by atoms with van der Waals surface area (Å²) in [5.41, 5.74) is -2.08. The Labute approximate surface area is 127 Å². The second-order valence-corrected chi connectivity index (χ2v) is 6.72. The van der Waals surface area contributed by atoms with E-state index in [0.717, 1.165) is 18.2 Å². The van der Waals surface area contributed by atoms with E-state index < -0.39 is 43.5 Å². The van der Waals surface area contributed by atoms with Gasteiger partial charge in [0.15, 0.2) is 0 Å². The van der Waals surface area contributed by atoms with Crippen molar-refractivity contribution in [3.8, 4) is 0 Å². The van der Waals surface area contributed by atoms with Crippen molar-refractivity contribution in [3.05, 3.63) is 29.3 Å². The number of aliphatic hydroxyl groups is 1. The van der Waals surface area contributed by atoms with Gasteiger partial charge in [0, 0.05) is 5.41 Å². The van der Waals surface area contributed by atoms with E-state index in [1.165, 1.54) is 0 Å². The minimum Gasteiger partial charge on any atom is -0.478 e. The maximum atomic E-state index is 12.0. The first-order valence-corrected chi connectivity index (χ1v) is 7.55. The molecule has 0 saturated heterocycles. The van der Waals surface area contributed by atoms with Crippen LogP contribution in [0.4, 0.5) is 0 Å². The van der Waals surface area contributed by atoms with Crippen LogP contribution >= 0.6 is 0 Å². The summed E-state index contributed by atoms with van der Waals surface area (Å²) in [4.78, 5) is 22.0. The minimum atomic E-state index is -4.94. The molecule has 0 aliphatic rings. The molecule has 22 heavy (non-hydrogen) atoms. The summed E-state index contributed by atoms with van der Waals surface area (Å²) in [5.74, 6) is -2.73. The smallest absolute Gasteiger partial charge is 0.339 e. The Bertz CT molecular complexity index is 690. The minimum absolute atomic E-state index is 0.218. The molecule has 0 unspecified atom stereocenters. The van der Waals surface area contributed by atoms with Crippen LogP contribution in [-0.4, -0.2) is 48.3 Å². The molecule has 0 fully saturated rings. The molecule has 0 aromatic heterocycles. The lowest BCUT2D eigenvalue weighted by atomic mass is 9.96. The Morgan fingerprint density at radius 2 is 1.77 bits per heavy atom. The van der Waals surface area contributed by atoms with Crippen LogP contribution in [0.2, 0.25) is 0 Å². The average Bonchev–Trinajstić information content (AvgIpc) is 2.43. The fourth-order valence-electron chi connectivity index (χ4n) is 1.53. The van der Waals surface area contributed by atoms with Gasteiger partial charge in [0.1, 0.15) is 4.90 Å². The Balaban J connectivity index is 3.28. The molecule has 0 heterocycles. The number of aliphatic hydroxyl groups excluding tert-OH is 1. The first-order valence-electron chi connectivity index (χ1n) is 6.11. The molecule has 0 amide bonds. The van der Waals surface area contributed by atoms with Crippen LogP contribution in [0.1, 0.15) is 34.6 Å². The largest absolute Gasteiger partial charge is 0.478 e. The van der Waals surface area contributed by atoms with Gasteiger partial charge in [-0.15, -0.1) is 0 Å². The molecule has 0 aliphatic carbocycles. The van der Waals surface area contributed by atoms with E-state index in [1.54, 1.807) is 13.8 Å². The number of esters is 1. The molecule has 122 valence electrons. The third-order valence-electron chi connectivity index (χ3n) is 2.75. The van der Waals surface area contributed by atoms with Crippen LogP contribution in [-0.2, 0) is 14.9 Å². The number of carboxylic acid groups (broad SMARTS) is 1. The van der Waals surface area contributed by atoms with Crippen molar-refractivity contribution in [2.24, 2.45) is 5.41 Å². The van der Waals surface area contributed by atoms with Crippen LogP contribution in [0.15, 0.2) is 23.1 Å². The number of ether oxygens (including phenoxy) is 1. The first-order chi connectivity index (χ1) is 9.99. The van der Waals surface area contributed by atoms with Crippen molar-refractivity contribution >= 4 is 22.1 Å². The van der Waals surface area contributed by atoms with Gasteiger partial charge < -0.3 is 14.9 Å². The van der Waals surface area contributed by atoms with E-state index in [0.29, 0.717) is 0 Å². The van der Waals surface area contributed by atoms with E-state index in [-0.39, 0.29) is 13.2 Å². The molecule has 0 radical (unpaired) electrons. The summed E-state index contributed by atoms with van der Waals surface area (Å²) >= 11 is 0. The van der Waals surface area contributed by atoms with Crippen molar-refractivity contribution in [3.63, 3.8) is 0 Å². The SMILES string of the molecule is CC(C)(CO)COC(=O)c1cccc(C(=O)O)c1S(=O)(=O)O. The lowest BCUT2D eigenvalue weighted by Crippen LogP contribution is -2.26. The summed E-state index contributed by atoms with van der Waals surface area (Å²) in [6.45, 7) is 2.72. The fraction of sp³-hybridized carbons (Fsp3) is 0.385. The number of carbonyl (C=O) groups excluding carboxylic acids is 1. The third kappa shape index (κ3) is 4.26. The van der Waals surface area contributed by atoms with E-state index in [9.17, 15) is 22.6 Å². The predicted octanol–water partition coefficient (Wildman–Crippen LogP) is 0.807. The molecule has 1 rings (SSSR count). The highest BCUT2D eigenvalue weighted by molar-refractivity contribution is 7.86. The van der Waals surface area contributed by atoms with Gasteiger partial charge in [-0.25, -0.2) is 9.59 Å². The van der Waals surface area contributed by atoms with Crippen LogP contribution < -0.4 is 0 Å². The second kappa shape index (κ2) is 6.42. The number of carboxylic acids is 1. The third-order valence-corrected chi connectivity index (χ3v) is 3.70. The highest BCUT2D eigenvalue weighted by atomic mass is 32.2. The van der Waals surface area contributed by atoms with Gasteiger partial charge in [0.2, 0.25) is 0 Å². The molecular weight excluding hydrogens is 316 g/mol. The number of benzene rings is 1. The molecule has 9 heteroatoms. The van der Waals surface area contributed by atoms with Gasteiger partial charge in [-0.3, -0.25) is 4.55 Å². The molecule has 8 nitrogen and oxygen atoms in total. The van der Waals surface area contributed by atoms with Crippen LogP contribution in [0.3, 0.4) is 0 Å². The Morgan fingerprint density at radius 1 is 1.23 bits per heavy atom. The highest BCUT2D eigenvalue weighted by Gasteiger charge is 2.29. The number of rotatable bonds is 6. The zero-order valence-electron chi connectivity index (χ0n) is 11.9. The summed E-state index contributed by atoms with van der Waals surface area (Å²) in [6.07, 6.45) is 0. The van der Waals surface area contributed by atoms with Crippen molar-refractivity contribution in [1.29, 1.82) is 0 Å². The number of hydrogen-bond donors (Lipinski definition) is 3. The fourth-order valence-corrected chi connectivity index (χ4v) is 2.39. The molecular formula is C13H16O8S. The molecule has 1 aromatic carbocycles. The highest BCUT2D eigenvalue weighted by Crippen LogP contribution is 2.23. The zero-order chi connectivity index (χ0) is 17.1. The van der Waals surface area contributed by atoms with Crippen LogP contribution in [0.5, 0.6) is 0 Å². The van der Waals surface area contributed by atoms with E-state index in [1.807, 2.05) is 0 Å². The van der Waals surface area contributed by atoms with E-state index in [4.69, 9.17) is 14.9 Å². The Morgan fingerprint density at radius 3 is 2.23 bits per heavy atom. The Hall–Kier alpha value is -1.97. The topological polar surface area (TPSA) is 138 Å². The van der Waals surface area contributed by atoms with Gasteiger partial charge in [-0.05, 0) is 12.1 Å². The van der Waals surface area contributed by atoms with Crippen LogP contribution in [0, 0.1) is 5.41 Å². The van der Waals surface area contributed by atoms with E-state index >= 15 is 0 Å². The predicted molar refractivity (Wildman–Crippen MR) is 74.4 cm³/mol. The van der Waals surface area contributed by atoms with Crippen molar-refractivity contribution in [2.45, 2.75) is 18.7 Å². The van der Waals surface area contributed by atoms with Gasteiger partial charge in [0.25, 0.3) is 10.1 Å². The lowest BCUT2D eigenvalue weighted by molar-refractivity contribution is 0.0214. The molecule has 1 aromatic rings. The number of carbonyl (C=O) groups is 2. The van der Waals surface area contributed by atoms with Crippen molar-refractivity contribution in [1.82, 2.24) is 0 Å². The lowest BCUT2D eigenvalue weighted by Gasteiger charge is -2.21. The molecule has 3 N–H and O–H groups in total. The van der Waals surface area contributed by atoms with Gasteiger partial charge in [0.05, 0.1) is 24.3 Å². The van der Waals surface area contributed by atoms with Crippen LogP contribution in [0.25, 0.3) is 0 Å². The summed E-state index contributed by atoms with van der Waals surface area (Å²) in [7, 11) is -4.94. The quantitative estimate of drug-likeness (QED) is 0.514. The number of hydrogen-bond acceptors (Lipinski definition) is 6. The maximum absolute atomic E-state index is 12.0. The second-order valence-electron chi connectivity index (χ2n) is 5.36. The standard InChI is InChI=1S/C13H16O8S/c1-13(2,6-14)7-21-12(17)9-5-3-4-8(11(15)16)10(9)22(18,19)20/h3-5,14H,6-7H2,1-2H3,(H,15,16)(H,18,19,20).